The SMILES string of the molecule is Cc1cc(-c2ccccc2)cc(C)c1-c1ccc2c(c1)N(c1cc(-c3ccccc3)cc(-c3ccccc3)c1)c1cc(-c3cc(C(C)(C)C)cc(C(C)(C)C)c3)cc3c1B2c1ccc(-c2c(C)cc(-c4ccccc4)cc2C)cc1N3c1cc(-c2ccccc2)cc(-c2ccccc2)c1. The number of rotatable bonds is 11. The summed E-state index contributed by atoms with van der Waals surface area (Å²) in [6.45, 7) is 23.2. The third-order valence-corrected chi connectivity index (χ3v) is 20.7. The van der Waals surface area contributed by atoms with Crippen LogP contribution in [0.5, 0.6) is 0 Å². The van der Waals surface area contributed by atoms with Gasteiger partial charge in [-0.3, -0.25) is 0 Å². The van der Waals surface area contributed by atoms with Crippen LogP contribution in [0.2, 0.25) is 0 Å². The van der Waals surface area contributed by atoms with Crippen molar-refractivity contribution < 1.29 is 0 Å². The fourth-order valence-corrected chi connectivity index (χ4v) is 15.8. The van der Waals surface area contributed by atoms with Gasteiger partial charge in [0.2, 0.25) is 0 Å². The van der Waals surface area contributed by atoms with Crippen molar-refractivity contribution in [2.45, 2.75) is 80.1 Å². The fourth-order valence-electron chi connectivity index (χ4n) is 15.8. The molecule has 99 heavy (non-hydrogen) atoms. The van der Waals surface area contributed by atoms with E-state index in [0.717, 1.165) is 61.9 Å². The van der Waals surface area contributed by atoms with Gasteiger partial charge in [-0.15, -0.1) is 0 Å². The number of nitrogens with zero attached hydrogens (tertiary/aromatic N) is 2. The maximum atomic E-state index is 2.66. The van der Waals surface area contributed by atoms with Gasteiger partial charge >= 0.3 is 0 Å². The fraction of sp³-hybridized carbons (Fsp3) is 0.125. The Labute approximate surface area is 586 Å². The second kappa shape index (κ2) is 25.0. The average Bonchev–Trinajstić information content (AvgIpc) is 0.692. The minimum Gasteiger partial charge on any atom is -0.311 e. The first-order valence-electron chi connectivity index (χ1n) is 35.1. The lowest BCUT2D eigenvalue weighted by atomic mass is 9.33. The summed E-state index contributed by atoms with van der Waals surface area (Å²) in [6, 6.07) is 117. The Balaban J connectivity index is 1.05. The van der Waals surface area contributed by atoms with Gasteiger partial charge in [-0.25, -0.2) is 0 Å². The van der Waals surface area contributed by atoms with Gasteiger partial charge in [0.25, 0.3) is 6.71 Å². The van der Waals surface area contributed by atoms with E-state index in [4.69, 9.17) is 0 Å². The van der Waals surface area contributed by atoms with E-state index in [9.17, 15) is 0 Å². The first-order chi connectivity index (χ1) is 48.0. The molecule has 0 saturated carbocycles. The van der Waals surface area contributed by atoms with E-state index in [-0.39, 0.29) is 17.5 Å². The number of hydrogen-bond donors (Lipinski definition) is 0. The van der Waals surface area contributed by atoms with Crippen LogP contribution in [0.3, 0.4) is 0 Å². The Kier molecular flexibility index (Phi) is 15.8. The van der Waals surface area contributed by atoms with Gasteiger partial charge < -0.3 is 9.80 Å². The molecule has 0 unspecified atom stereocenters. The average molecular weight is 1270 g/mol. The van der Waals surface area contributed by atoms with Crippen LogP contribution >= 0.6 is 0 Å². The Hall–Kier alpha value is -11.3. The Morgan fingerprint density at radius 1 is 0.222 bits per heavy atom. The van der Waals surface area contributed by atoms with Crippen molar-refractivity contribution in [3.8, 4) is 100 Å². The van der Waals surface area contributed by atoms with E-state index < -0.39 is 0 Å². The maximum Gasteiger partial charge on any atom is 0.252 e. The molecule has 2 heterocycles. The van der Waals surface area contributed by atoms with E-state index >= 15 is 0 Å². The van der Waals surface area contributed by atoms with Crippen molar-refractivity contribution in [1.29, 1.82) is 0 Å². The van der Waals surface area contributed by atoms with Crippen LogP contribution in [0.15, 0.2) is 309 Å². The first kappa shape index (κ1) is 62.5. The maximum absolute atomic E-state index is 2.66. The molecule has 0 N–H and O–H groups in total. The summed E-state index contributed by atoms with van der Waals surface area (Å²) in [5.74, 6) is 0. The third kappa shape index (κ3) is 11.7. The summed E-state index contributed by atoms with van der Waals surface area (Å²) in [7, 11) is 0. The van der Waals surface area contributed by atoms with Gasteiger partial charge in [0, 0.05) is 34.1 Å². The highest BCUT2D eigenvalue weighted by Gasteiger charge is 2.45. The zero-order chi connectivity index (χ0) is 67.8. The molecule has 0 bridgehead atoms. The van der Waals surface area contributed by atoms with Crippen molar-refractivity contribution in [3.05, 3.63) is 343 Å². The molecule has 16 rings (SSSR count). The molecule has 0 aliphatic carbocycles. The van der Waals surface area contributed by atoms with Gasteiger partial charge in [0.15, 0.2) is 0 Å². The predicted molar refractivity (Wildman–Crippen MR) is 426 cm³/mol. The molecule has 14 aromatic rings. The molecule has 0 aromatic heterocycles. The van der Waals surface area contributed by atoms with Crippen molar-refractivity contribution in [2.75, 3.05) is 9.80 Å². The van der Waals surface area contributed by atoms with E-state index in [0.29, 0.717) is 0 Å². The Bertz CT molecular complexity index is 4920. The number of fused-ring (bicyclic) bond motifs is 4. The molecular weight excluding hydrogens is 1190 g/mol. The number of hydrogen-bond acceptors (Lipinski definition) is 2. The zero-order valence-electron chi connectivity index (χ0n) is 58.4. The molecule has 2 aliphatic rings. The standard InChI is InChI=1S/C96H81BN2/c1-62-45-74(66-29-17-11-18-30-66)46-63(2)92(62)72-41-43-86-88(57-72)98(84-53-76(68-33-21-13-22-34-68)49-77(54-84)69-35-23-14-24-36-69)90-59-81(80-51-82(95(5,6)7)61-83(52-80)96(8,9)10)60-91-94(90)97(86)87-44-42-73(93-64(3)47-75(48-65(93)4)67-31-19-12-20-32-67)58-89(87)99(91)85-55-78(70-37-25-15-26-38-70)50-79(56-85)71-39-27-16-28-40-71/h11-61H,1-10H3. The van der Waals surface area contributed by atoms with E-state index in [1.165, 1.54) is 122 Å². The van der Waals surface area contributed by atoms with Crippen LogP contribution in [-0.2, 0) is 10.8 Å². The topological polar surface area (TPSA) is 6.48 Å². The van der Waals surface area contributed by atoms with Crippen LogP contribution in [0, 0.1) is 27.7 Å². The molecule has 2 nitrogen and oxygen atoms in total. The zero-order valence-corrected chi connectivity index (χ0v) is 58.4. The largest absolute Gasteiger partial charge is 0.311 e. The Morgan fingerprint density at radius 3 is 0.758 bits per heavy atom. The highest BCUT2D eigenvalue weighted by atomic mass is 15.2. The molecule has 0 spiro atoms. The van der Waals surface area contributed by atoms with Gasteiger partial charge in [-0.05, 0) is 249 Å². The van der Waals surface area contributed by atoms with E-state index in [1.807, 2.05) is 0 Å². The van der Waals surface area contributed by atoms with Gasteiger partial charge in [-0.1, -0.05) is 290 Å². The first-order valence-corrected chi connectivity index (χ1v) is 35.1. The molecular formula is C96H81BN2. The van der Waals surface area contributed by atoms with Crippen molar-refractivity contribution in [1.82, 2.24) is 0 Å². The molecule has 478 valence electrons. The quantitative estimate of drug-likeness (QED) is 0.119. The van der Waals surface area contributed by atoms with Crippen molar-refractivity contribution in [3.63, 3.8) is 0 Å². The minimum absolute atomic E-state index is 0.130. The molecule has 3 heteroatoms. The second-order valence-electron chi connectivity index (χ2n) is 29.6. The second-order valence-corrected chi connectivity index (χ2v) is 29.6. The summed E-state index contributed by atoms with van der Waals surface area (Å²) >= 11 is 0. The van der Waals surface area contributed by atoms with Gasteiger partial charge in [-0.2, -0.15) is 0 Å². The molecule has 0 atom stereocenters. The van der Waals surface area contributed by atoms with Crippen LogP contribution < -0.4 is 26.2 Å². The van der Waals surface area contributed by atoms with Crippen LogP contribution in [0.1, 0.15) is 74.9 Å². The minimum atomic E-state index is -0.183. The molecule has 2 aliphatic heterocycles. The highest BCUT2D eigenvalue weighted by Crippen LogP contribution is 2.51. The van der Waals surface area contributed by atoms with Crippen molar-refractivity contribution in [2.24, 2.45) is 0 Å². The molecule has 0 radical (unpaired) electrons. The normalized spacial score (nSPS) is 12.5. The summed E-state index contributed by atoms with van der Waals surface area (Å²) in [6.07, 6.45) is 0. The van der Waals surface area contributed by atoms with Gasteiger partial charge in [0.05, 0.1) is 0 Å². The summed E-state index contributed by atoms with van der Waals surface area (Å²) < 4.78 is 0. The number of benzene rings is 14. The Morgan fingerprint density at radius 2 is 0.475 bits per heavy atom. The monoisotopic (exact) mass is 1270 g/mol. The predicted octanol–water partition coefficient (Wildman–Crippen LogP) is 24.6. The van der Waals surface area contributed by atoms with E-state index in [2.05, 4.69) is 388 Å². The summed E-state index contributed by atoms with van der Waals surface area (Å²) in [4.78, 5) is 5.32. The third-order valence-electron chi connectivity index (χ3n) is 20.7. The van der Waals surface area contributed by atoms with Crippen LogP contribution in [-0.4, -0.2) is 6.71 Å². The lowest BCUT2D eigenvalue weighted by Gasteiger charge is -2.45. The summed E-state index contributed by atoms with van der Waals surface area (Å²) in [5.41, 5.74) is 39.3. The highest BCUT2D eigenvalue weighted by molar-refractivity contribution is 7.00. The molecule has 0 saturated heterocycles. The summed E-state index contributed by atoms with van der Waals surface area (Å²) in [5, 5.41) is 0. The van der Waals surface area contributed by atoms with E-state index in [1.54, 1.807) is 0 Å². The molecule has 0 amide bonds. The van der Waals surface area contributed by atoms with Crippen molar-refractivity contribution >= 4 is 57.2 Å². The van der Waals surface area contributed by atoms with Crippen LogP contribution in [0.25, 0.3) is 100 Å². The van der Waals surface area contributed by atoms with Crippen LogP contribution in [0.4, 0.5) is 34.1 Å². The number of anilines is 6. The smallest absolute Gasteiger partial charge is 0.252 e. The molecule has 0 fully saturated rings. The lowest BCUT2D eigenvalue weighted by Crippen LogP contribution is -2.61. The molecule has 14 aromatic carbocycles. The lowest BCUT2D eigenvalue weighted by molar-refractivity contribution is 0.569. The van der Waals surface area contributed by atoms with Gasteiger partial charge in [0.1, 0.15) is 0 Å². The number of aryl methyl sites for hydroxylation is 4.